The zero-order chi connectivity index (χ0) is 10.0. The minimum absolute atomic E-state index is 0.0920. The highest BCUT2D eigenvalue weighted by atomic mass is 16.5. The largest absolute Gasteiger partial charge is 0.396 e. The SMILES string of the molecule is N#Cc1cnn(CC2(CO)COC2)c1. The van der Waals surface area contributed by atoms with Crippen LogP contribution in [0.25, 0.3) is 0 Å². The molecule has 0 spiro atoms. The first-order valence-electron chi connectivity index (χ1n) is 4.39. The lowest BCUT2D eigenvalue weighted by Gasteiger charge is -2.39. The van der Waals surface area contributed by atoms with Crippen molar-refractivity contribution in [1.82, 2.24) is 9.78 Å². The third-order valence-corrected chi connectivity index (χ3v) is 2.41. The Kier molecular flexibility index (Phi) is 2.23. The molecular formula is C9H11N3O2. The lowest BCUT2D eigenvalue weighted by Crippen LogP contribution is -2.48. The van der Waals surface area contributed by atoms with E-state index >= 15 is 0 Å². The highest BCUT2D eigenvalue weighted by Gasteiger charge is 2.38. The number of aliphatic hydroxyl groups is 1. The van der Waals surface area contributed by atoms with Gasteiger partial charge in [-0.05, 0) is 0 Å². The van der Waals surface area contributed by atoms with Crippen molar-refractivity contribution in [2.75, 3.05) is 19.8 Å². The van der Waals surface area contributed by atoms with E-state index in [0.717, 1.165) is 0 Å². The normalized spacial score (nSPS) is 18.6. The quantitative estimate of drug-likeness (QED) is 0.719. The smallest absolute Gasteiger partial charge is 0.102 e. The third-order valence-electron chi connectivity index (χ3n) is 2.41. The van der Waals surface area contributed by atoms with E-state index in [-0.39, 0.29) is 12.0 Å². The minimum Gasteiger partial charge on any atom is -0.396 e. The Morgan fingerprint density at radius 1 is 1.71 bits per heavy atom. The molecule has 1 aliphatic heterocycles. The third kappa shape index (κ3) is 1.50. The highest BCUT2D eigenvalue weighted by molar-refractivity contribution is 5.21. The second kappa shape index (κ2) is 3.40. The first-order chi connectivity index (χ1) is 6.78. The Morgan fingerprint density at radius 2 is 2.50 bits per heavy atom. The standard InChI is InChI=1S/C9H11N3O2/c10-1-8-2-11-12(3-8)4-9(5-13)6-14-7-9/h2-3,13H,4-7H2. The number of ether oxygens (including phenoxy) is 1. The molecule has 1 fully saturated rings. The van der Waals surface area contributed by atoms with E-state index in [1.807, 2.05) is 6.07 Å². The maximum absolute atomic E-state index is 9.18. The molecule has 2 rings (SSSR count). The van der Waals surface area contributed by atoms with Crippen LogP contribution in [0.3, 0.4) is 0 Å². The van der Waals surface area contributed by atoms with Gasteiger partial charge in [-0.1, -0.05) is 0 Å². The average Bonchev–Trinajstić information content (AvgIpc) is 2.59. The first kappa shape index (κ1) is 9.19. The summed E-state index contributed by atoms with van der Waals surface area (Å²) in [4.78, 5) is 0. The second-order valence-electron chi connectivity index (χ2n) is 3.69. The van der Waals surface area contributed by atoms with Gasteiger partial charge in [-0.25, -0.2) is 0 Å². The lowest BCUT2D eigenvalue weighted by atomic mass is 9.87. The summed E-state index contributed by atoms with van der Waals surface area (Å²) in [6.07, 6.45) is 3.19. The second-order valence-corrected chi connectivity index (χ2v) is 3.69. The van der Waals surface area contributed by atoms with Gasteiger partial charge >= 0.3 is 0 Å². The summed E-state index contributed by atoms with van der Waals surface area (Å²) in [5.74, 6) is 0. The molecule has 1 aromatic rings. The van der Waals surface area contributed by atoms with Gasteiger partial charge in [-0.2, -0.15) is 10.4 Å². The number of nitrogens with zero attached hydrogens (tertiary/aromatic N) is 3. The van der Waals surface area contributed by atoms with E-state index in [0.29, 0.717) is 25.3 Å². The van der Waals surface area contributed by atoms with Gasteiger partial charge < -0.3 is 9.84 Å². The Bertz CT molecular complexity index is 357. The van der Waals surface area contributed by atoms with Gasteiger partial charge in [0.2, 0.25) is 0 Å². The van der Waals surface area contributed by atoms with Crippen molar-refractivity contribution in [3.63, 3.8) is 0 Å². The van der Waals surface area contributed by atoms with Crippen LogP contribution in [-0.4, -0.2) is 34.7 Å². The van der Waals surface area contributed by atoms with E-state index in [1.165, 1.54) is 6.20 Å². The molecule has 2 heterocycles. The summed E-state index contributed by atoms with van der Waals surface area (Å²) in [7, 11) is 0. The molecule has 0 atom stereocenters. The molecule has 14 heavy (non-hydrogen) atoms. The number of aromatic nitrogens is 2. The average molecular weight is 193 g/mol. The van der Waals surface area contributed by atoms with Crippen LogP contribution < -0.4 is 0 Å². The first-order valence-corrected chi connectivity index (χ1v) is 4.39. The van der Waals surface area contributed by atoms with Crippen molar-refractivity contribution >= 4 is 0 Å². The molecule has 5 heteroatoms. The molecule has 0 aliphatic carbocycles. The lowest BCUT2D eigenvalue weighted by molar-refractivity contribution is -0.146. The topological polar surface area (TPSA) is 71.1 Å². The van der Waals surface area contributed by atoms with Crippen molar-refractivity contribution in [3.05, 3.63) is 18.0 Å². The molecule has 1 aliphatic rings. The van der Waals surface area contributed by atoms with Gasteiger partial charge in [0, 0.05) is 6.20 Å². The molecule has 1 aromatic heterocycles. The predicted octanol–water partition coefficient (Wildman–Crippen LogP) is -0.236. The number of hydrogen-bond acceptors (Lipinski definition) is 4. The van der Waals surface area contributed by atoms with Crippen LogP contribution in [0.15, 0.2) is 12.4 Å². The van der Waals surface area contributed by atoms with Gasteiger partial charge in [0.15, 0.2) is 0 Å². The zero-order valence-electron chi connectivity index (χ0n) is 7.68. The van der Waals surface area contributed by atoms with Crippen molar-refractivity contribution < 1.29 is 9.84 Å². The highest BCUT2D eigenvalue weighted by Crippen LogP contribution is 2.28. The van der Waals surface area contributed by atoms with E-state index in [4.69, 9.17) is 10.00 Å². The van der Waals surface area contributed by atoms with Crippen LogP contribution in [0.2, 0.25) is 0 Å². The maximum Gasteiger partial charge on any atom is 0.102 e. The minimum atomic E-state index is -0.196. The van der Waals surface area contributed by atoms with E-state index in [2.05, 4.69) is 5.10 Å². The van der Waals surface area contributed by atoms with Gasteiger partial charge in [0.05, 0.1) is 43.5 Å². The summed E-state index contributed by atoms with van der Waals surface area (Å²) < 4.78 is 6.75. The Hall–Kier alpha value is -1.38. The molecule has 0 bridgehead atoms. The van der Waals surface area contributed by atoms with Crippen LogP contribution >= 0.6 is 0 Å². The summed E-state index contributed by atoms with van der Waals surface area (Å²) >= 11 is 0. The van der Waals surface area contributed by atoms with E-state index in [1.54, 1.807) is 10.9 Å². The summed E-state index contributed by atoms with van der Waals surface area (Å²) in [6, 6.07) is 2.01. The van der Waals surface area contributed by atoms with Crippen molar-refractivity contribution in [2.24, 2.45) is 5.41 Å². The van der Waals surface area contributed by atoms with E-state index in [9.17, 15) is 5.11 Å². The number of rotatable bonds is 3. The molecule has 0 unspecified atom stereocenters. The maximum atomic E-state index is 9.18. The fraction of sp³-hybridized carbons (Fsp3) is 0.556. The van der Waals surface area contributed by atoms with Crippen molar-refractivity contribution in [1.29, 1.82) is 5.26 Å². The molecule has 0 amide bonds. The number of nitriles is 1. The van der Waals surface area contributed by atoms with Crippen LogP contribution in [0, 0.1) is 16.7 Å². The Balaban J connectivity index is 2.06. The van der Waals surface area contributed by atoms with E-state index < -0.39 is 0 Å². The Morgan fingerprint density at radius 3 is 2.93 bits per heavy atom. The van der Waals surface area contributed by atoms with Crippen LogP contribution in [0.1, 0.15) is 5.56 Å². The zero-order valence-corrected chi connectivity index (χ0v) is 7.68. The fourth-order valence-electron chi connectivity index (χ4n) is 1.47. The van der Waals surface area contributed by atoms with Crippen LogP contribution in [0.4, 0.5) is 0 Å². The summed E-state index contributed by atoms with van der Waals surface area (Å²) in [5.41, 5.74) is 0.344. The van der Waals surface area contributed by atoms with Crippen LogP contribution in [-0.2, 0) is 11.3 Å². The van der Waals surface area contributed by atoms with Crippen molar-refractivity contribution in [3.8, 4) is 6.07 Å². The monoisotopic (exact) mass is 193 g/mol. The number of hydrogen-bond donors (Lipinski definition) is 1. The van der Waals surface area contributed by atoms with Gasteiger partial charge in [0.1, 0.15) is 6.07 Å². The molecule has 74 valence electrons. The van der Waals surface area contributed by atoms with Gasteiger partial charge in [-0.15, -0.1) is 0 Å². The molecule has 1 saturated heterocycles. The molecule has 0 aromatic carbocycles. The Labute approximate surface area is 81.5 Å². The van der Waals surface area contributed by atoms with Crippen molar-refractivity contribution in [2.45, 2.75) is 6.54 Å². The summed E-state index contributed by atoms with van der Waals surface area (Å²) in [6.45, 7) is 1.82. The molecular weight excluding hydrogens is 182 g/mol. The number of aliphatic hydroxyl groups excluding tert-OH is 1. The molecule has 1 N–H and O–H groups in total. The van der Waals surface area contributed by atoms with Gasteiger partial charge in [-0.3, -0.25) is 4.68 Å². The van der Waals surface area contributed by atoms with Crippen LogP contribution in [0.5, 0.6) is 0 Å². The fourth-order valence-corrected chi connectivity index (χ4v) is 1.47. The summed E-state index contributed by atoms with van der Waals surface area (Å²) in [5, 5.41) is 21.8. The predicted molar refractivity (Wildman–Crippen MR) is 47.3 cm³/mol. The molecule has 0 saturated carbocycles. The molecule has 0 radical (unpaired) electrons. The molecule has 5 nitrogen and oxygen atoms in total. The van der Waals surface area contributed by atoms with Gasteiger partial charge in [0.25, 0.3) is 0 Å².